The maximum atomic E-state index is 9.05. The van der Waals surface area contributed by atoms with Crippen LogP contribution in [0.2, 0.25) is 0 Å². The van der Waals surface area contributed by atoms with Gasteiger partial charge >= 0.3 is 0 Å². The zero-order chi connectivity index (χ0) is 11.5. The summed E-state index contributed by atoms with van der Waals surface area (Å²) in [6, 6.07) is 11.1. The molecule has 0 spiro atoms. The standard InChI is InChI=1S/C14H18N2/c1-10(2)11-3-5-12(6-4-11)14-9-16-8-13(14)7-15/h3-6,10,13-14,16H,8-9H2,1-2H3/t13-,14+/m0/s1. The Morgan fingerprint density at radius 2 is 1.94 bits per heavy atom. The topological polar surface area (TPSA) is 35.8 Å². The van der Waals surface area contributed by atoms with Crippen molar-refractivity contribution in [1.29, 1.82) is 5.26 Å². The predicted octanol–water partition coefficient (Wildman–Crippen LogP) is 2.64. The van der Waals surface area contributed by atoms with Crippen LogP contribution in [0, 0.1) is 17.2 Å². The minimum Gasteiger partial charge on any atom is -0.315 e. The van der Waals surface area contributed by atoms with E-state index in [0.29, 0.717) is 11.8 Å². The maximum Gasteiger partial charge on any atom is 0.0676 e. The van der Waals surface area contributed by atoms with Gasteiger partial charge in [-0.1, -0.05) is 38.1 Å². The molecule has 0 bridgehead atoms. The van der Waals surface area contributed by atoms with E-state index in [4.69, 9.17) is 5.26 Å². The Bertz CT molecular complexity index is 386. The summed E-state index contributed by atoms with van der Waals surface area (Å²) in [6.45, 7) is 6.15. The molecule has 0 amide bonds. The molecule has 1 N–H and O–H groups in total. The minimum atomic E-state index is 0.130. The fourth-order valence-corrected chi connectivity index (χ4v) is 2.29. The molecule has 2 atom stereocenters. The molecule has 1 aromatic carbocycles. The predicted molar refractivity (Wildman–Crippen MR) is 65.2 cm³/mol. The van der Waals surface area contributed by atoms with Crippen molar-refractivity contribution in [3.63, 3.8) is 0 Å². The summed E-state index contributed by atoms with van der Waals surface area (Å²) in [5.74, 6) is 1.07. The lowest BCUT2D eigenvalue weighted by molar-refractivity contribution is 0.646. The van der Waals surface area contributed by atoms with E-state index in [9.17, 15) is 0 Å². The van der Waals surface area contributed by atoms with Gasteiger partial charge in [0.2, 0.25) is 0 Å². The Balaban J connectivity index is 2.19. The third-order valence-corrected chi connectivity index (χ3v) is 3.41. The number of nitriles is 1. The maximum absolute atomic E-state index is 9.05. The highest BCUT2D eigenvalue weighted by Gasteiger charge is 2.27. The normalized spacial score (nSPS) is 24.6. The molecule has 1 aromatic rings. The van der Waals surface area contributed by atoms with E-state index < -0.39 is 0 Å². The lowest BCUT2D eigenvalue weighted by Gasteiger charge is -2.14. The SMILES string of the molecule is CC(C)c1ccc([C@H]2CNC[C@@H]2C#N)cc1. The summed E-state index contributed by atoms with van der Waals surface area (Å²) < 4.78 is 0. The number of benzene rings is 1. The summed E-state index contributed by atoms with van der Waals surface area (Å²) in [5, 5.41) is 12.3. The van der Waals surface area contributed by atoms with Crippen LogP contribution in [0.3, 0.4) is 0 Å². The molecule has 0 unspecified atom stereocenters. The number of nitrogens with one attached hydrogen (secondary N) is 1. The smallest absolute Gasteiger partial charge is 0.0676 e. The van der Waals surface area contributed by atoms with Gasteiger partial charge in [-0.05, 0) is 17.0 Å². The van der Waals surface area contributed by atoms with Crippen LogP contribution in [0.1, 0.15) is 36.8 Å². The summed E-state index contributed by atoms with van der Waals surface area (Å²) in [6.07, 6.45) is 0. The lowest BCUT2D eigenvalue weighted by Crippen LogP contribution is -2.08. The van der Waals surface area contributed by atoms with Crippen molar-refractivity contribution >= 4 is 0 Å². The average Bonchev–Trinajstić information content (AvgIpc) is 2.77. The molecule has 16 heavy (non-hydrogen) atoms. The van der Waals surface area contributed by atoms with E-state index in [1.54, 1.807) is 0 Å². The van der Waals surface area contributed by atoms with Gasteiger partial charge in [-0.15, -0.1) is 0 Å². The molecule has 2 nitrogen and oxygen atoms in total. The van der Waals surface area contributed by atoms with Gasteiger partial charge in [-0.25, -0.2) is 0 Å². The molecular formula is C14H18N2. The molecule has 1 fully saturated rings. The second-order valence-electron chi connectivity index (χ2n) is 4.82. The monoisotopic (exact) mass is 214 g/mol. The zero-order valence-corrected chi connectivity index (χ0v) is 9.90. The summed E-state index contributed by atoms with van der Waals surface area (Å²) >= 11 is 0. The molecule has 1 saturated heterocycles. The zero-order valence-electron chi connectivity index (χ0n) is 9.90. The Morgan fingerprint density at radius 1 is 1.25 bits per heavy atom. The first-order chi connectivity index (χ1) is 7.72. The van der Waals surface area contributed by atoms with Crippen LogP contribution in [0.15, 0.2) is 24.3 Å². The van der Waals surface area contributed by atoms with E-state index in [2.05, 4.69) is 49.5 Å². The van der Waals surface area contributed by atoms with Crippen molar-refractivity contribution < 1.29 is 0 Å². The van der Waals surface area contributed by atoms with E-state index in [1.807, 2.05) is 0 Å². The van der Waals surface area contributed by atoms with Crippen molar-refractivity contribution in [3.8, 4) is 6.07 Å². The molecule has 0 aromatic heterocycles. The third kappa shape index (κ3) is 2.10. The summed E-state index contributed by atoms with van der Waals surface area (Å²) in [5.41, 5.74) is 2.66. The minimum absolute atomic E-state index is 0.130. The largest absolute Gasteiger partial charge is 0.315 e. The Morgan fingerprint density at radius 3 is 2.50 bits per heavy atom. The van der Waals surface area contributed by atoms with Gasteiger partial charge in [-0.3, -0.25) is 0 Å². The lowest BCUT2D eigenvalue weighted by atomic mass is 9.88. The summed E-state index contributed by atoms with van der Waals surface area (Å²) in [4.78, 5) is 0. The molecule has 1 heterocycles. The molecule has 0 radical (unpaired) electrons. The first-order valence-electron chi connectivity index (χ1n) is 5.92. The molecule has 0 aliphatic carbocycles. The van der Waals surface area contributed by atoms with Gasteiger partial charge in [-0.2, -0.15) is 5.26 Å². The molecule has 1 aliphatic rings. The first kappa shape index (κ1) is 11.2. The van der Waals surface area contributed by atoms with Crippen LogP contribution in [-0.4, -0.2) is 13.1 Å². The molecule has 84 valence electrons. The molecule has 0 saturated carbocycles. The molecule has 2 rings (SSSR count). The van der Waals surface area contributed by atoms with Gasteiger partial charge in [0.1, 0.15) is 0 Å². The van der Waals surface area contributed by atoms with E-state index in [1.165, 1.54) is 11.1 Å². The second-order valence-corrected chi connectivity index (χ2v) is 4.82. The highest BCUT2D eigenvalue weighted by atomic mass is 14.9. The summed E-state index contributed by atoms with van der Waals surface area (Å²) in [7, 11) is 0. The quantitative estimate of drug-likeness (QED) is 0.821. The number of rotatable bonds is 2. The Kier molecular flexibility index (Phi) is 3.26. The van der Waals surface area contributed by atoms with Gasteiger partial charge in [0, 0.05) is 19.0 Å². The van der Waals surface area contributed by atoms with Gasteiger partial charge in [0.05, 0.1) is 12.0 Å². The van der Waals surface area contributed by atoms with Crippen LogP contribution in [0.25, 0.3) is 0 Å². The highest BCUT2D eigenvalue weighted by Crippen LogP contribution is 2.28. The van der Waals surface area contributed by atoms with Crippen LogP contribution < -0.4 is 5.32 Å². The Labute approximate surface area is 97.3 Å². The third-order valence-electron chi connectivity index (χ3n) is 3.41. The Hall–Kier alpha value is -1.33. The van der Waals surface area contributed by atoms with E-state index >= 15 is 0 Å². The van der Waals surface area contributed by atoms with E-state index in [0.717, 1.165) is 13.1 Å². The second kappa shape index (κ2) is 4.67. The van der Waals surface area contributed by atoms with Crippen LogP contribution in [0.5, 0.6) is 0 Å². The number of nitrogens with zero attached hydrogens (tertiary/aromatic N) is 1. The fourth-order valence-electron chi connectivity index (χ4n) is 2.29. The van der Waals surface area contributed by atoms with Crippen LogP contribution in [-0.2, 0) is 0 Å². The van der Waals surface area contributed by atoms with Gasteiger partial charge in [0.15, 0.2) is 0 Å². The van der Waals surface area contributed by atoms with Crippen molar-refractivity contribution in [2.24, 2.45) is 5.92 Å². The fraction of sp³-hybridized carbons (Fsp3) is 0.500. The van der Waals surface area contributed by atoms with Crippen molar-refractivity contribution in [2.75, 3.05) is 13.1 Å². The average molecular weight is 214 g/mol. The van der Waals surface area contributed by atoms with Crippen LogP contribution >= 0.6 is 0 Å². The van der Waals surface area contributed by atoms with Crippen molar-refractivity contribution in [2.45, 2.75) is 25.7 Å². The van der Waals surface area contributed by atoms with Crippen molar-refractivity contribution in [3.05, 3.63) is 35.4 Å². The van der Waals surface area contributed by atoms with Gasteiger partial charge in [0.25, 0.3) is 0 Å². The van der Waals surface area contributed by atoms with Crippen molar-refractivity contribution in [1.82, 2.24) is 5.32 Å². The van der Waals surface area contributed by atoms with Gasteiger partial charge < -0.3 is 5.32 Å². The van der Waals surface area contributed by atoms with E-state index in [-0.39, 0.29) is 5.92 Å². The molecule has 2 heteroatoms. The highest BCUT2D eigenvalue weighted by molar-refractivity contribution is 5.29. The molecule has 1 aliphatic heterocycles. The molecular weight excluding hydrogens is 196 g/mol. The first-order valence-corrected chi connectivity index (χ1v) is 5.92. The number of hydrogen-bond donors (Lipinski definition) is 1. The number of hydrogen-bond acceptors (Lipinski definition) is 2. The van der Waals surface area contributed by atoms with Crippen LogP contribution in [0.4, 0.5) is 0 Å².